The maximum atomic E-state index is 6.19. The van der Waals surface area contributed by atoms with Crippen molar-refractivity contribution >= 4 is 0 Å². The van der Waals surface area contributed by atoms with Crippen molar-refractivity contribution in [1.82, 2.24) is 14.7 Å². The van der Waals surface area contributed by atoms with E-state index in [-0.39, 0.29) is 6.04 Å². The number of nitrogens with zero attached hydrogens (tertiary/aromatic N) is 3. The standard InChI is InChI=1S/C13H20N4O/c1-8(2)13(14)12-5-15-7-17(12)6-11-9(3)16-18-10(11)4/h5,7-8,13H,6,14H2,1-4H3. The van der Waals surface area contributed by atoms with Crippen molar-refractivity contribution in [2.24, 2.45) is 11.7 Å². The molecule has 0 bridgehead atoms. The zero-order valence-electron chi connectivity index (χ0n) is 11.3. The van der Waals surface area contributed by atoms with Crippen molar-refractivity contribution in [1.29, 1.82) is 0 Å². The van der Waals surface area contributed by atoms with Gasteiger partial charge in [-0.15, -0.1) is 0 Å². The molecule has 5 nitrogen and oxygen atoms in total. The Morgan fingerprint density at radius 3 is 2.67 bits per heavy atom. The van der Waals surface area contributed by atoms with E-state index in [9.17, 15) is 0 Å². The Bertz CT molecular complexity index is 507. The minimum Gasteiger partial charge on any atom is -0.361 e. The van der Waals surface area contributed by atoms with E-state index in [1.807, 2.05) is 26.4 Å². The number of aromatic nitrogens is 3. The van der Waals surface area contributed by atoms with E-state index in [0.717, 1.165) is 22.7 Å². The van der Waals surface area contributed by atoms with Gasteiger partial charge in [0, 0.05) is 17.8 Å². The van der Waals surface area contributed by atoms with E-state index in [2.05, 4.69) is 28.6 Å². The van der Waals surface area contributed by atoms with Gasteiger partial charge in [0.15, 0.2) is 0 Å². The molecule has 0 amide bonds. The first-order valence-electron chi connectivity index (χ1n) is 6.18. The Morgan fingerprint density at radius 1 is 1.39 bits per heavy atom. The Kier molecular flexibility index (Phi) is 3.52. The van der Waals surface area contributed by atoms with Crippen LogP contribution in [-0.4, -0.2) is 14.7 Å². The van der Waals surface area contributed by atoms with Crippen LogP contribution in [0.25, 0.3) is 0 Å². The maximum absolute atomic E-state index is 6.19. The van der Waals surface area contributed by atoms with Crippen LogP contribution in [-0.2, 0) is 6.54 Å². The second kappa shape index (κ2) is 4.94. The van der Waals surface area contributed by atoms with Gasteiger partial charge in [-0.1, -0.05) is 19.0 Å². The van der Waals surface area contributed by atoms with Crippen LogP contribution < -0.4 is 5.73 Å². The van der Waals surface area contributed by atoms with Crippen LogP contribution >= 0.6 is 0 Å². The fourth-order valence-corrected chi connectivity index (χ4v) is 1.98. The van der Waals surface area contributed by atoms with Crippen molar-refractivity contribution in [3.63, 3.8) is 0 Å². The van der Waals surface area contributed by atoms with Crippen molar-refractivity contribution in [3.8, 4) is 0 Å². The highest BCUT2D eigenvalue weighted by molar-refractivity contribution is 5.22. The van der Waals surface area contributed by atoms with Crippen LogP contribution in [0.1, 0.15) is 42.6 Å². The normalized spacial score (nSPS) is 13.2. The van der Waals surface area contributed by atoms with Crippen LogP contribution in [0.3, 0.4) is 0 Å². The number of nitrogens with two attached hydrogens (primary N) is 1. The summed E-state index contributed by atoms with van der Waals surface area (Å²) < 4.78 is 7.24. The monoisotopic (exact) mass is 248 g/mol. The number of imidazole rings is 1. The van der Waals surface area contributed by atoms with Crippen molar-refractivity contribution in [2.45, 2.75) is 40.3 Å². The molecule has 98 valence electrons. The van der Waals surface area contributed by atoms with Crippen molar-refractivity contribution in [3.05, 3.63) is 35.2 Å². The Balaban J connectivity index is 2.28. The molecule has 0 radical (unpaired) electrons. The highest BCUT2D eigenvalue weighted by atomic mass is 16.5. The molecule has 0 aromatic carbocycles. The summed E-state index contributed by atoms with van der Waals surface area (Å²) in [5.74, 6) is 1.23. The fourth-order valence-electron chi connectivity index (χ4n) is 1.98. The fraction of sp³-hybridized carbons (Fsp3) is 0.538. The molecule has 2 N–H and O–H groups in total. The van der Waals surface area contributed by atoms with Gasteiger partial charge in [0.2, 0.25) is 0 Å². The summed E-state index contributed by atoms with van der Waals surface area (Å²) in [4.78, 5) is 4.20. The smallest absolute Gasteiger partial charge is 0.138 e. The second-order valence-electron chi connectivity index (χ2n) is 5.02. The molecule has 1 unspecified atom stereocenters. The van der Waals surface area contributed by atoms with E-state index >= 15 is 0 Å². The summed E-state index contributed by atoms with van der Waals surface area (Å²) >= 11 is 0. The highest BCUT2D eigenvalue weighted by Gasteiger charge is 2.17. The van der Waals surface area contributed by atoms with Gasteiger partial charge in [-0.2, -0.15) is 0 Å². The van der Waals surface area contributed by atoms with Gasteiger partial charge in [0.05, 0.1) is 24.3 Å². The molecule has 18 heavy (non-hydrogen) atoms. The van der Waals surface area contributed by atoms with Crippen molar-refractivity contribution < 1.29 is 4.52 Å². The van der Waals surface area contributed by atoms with Gasteiger partial charge >= 0.3 is 0 Å². The predicted molar refractivity (Wildman–Crippen MR) is 69.1 cm³/mol. The topological polar surface area (TPSA) is 69.9 Å². The van der Waals surface area contributed by atoms with E-state index in [1.54, 1.807) is 0 Å². The summed E-state index contributed by atoms with van der Waals surface area (Å²) in [6, 6.07) is -0.00651. The molecule has 0 aliphatic rings. The summed E-state index contributed by atoms with van der Waals surface area (Å²) in [6.07, 6.45) is 3.65. The molecule has 0 aliphatic heterocycles. The molecule has 0 fully saturated rings. The Hall–Kier alpha value is -1.62. The molecule has 1 atom stereocenters. The van der Waals surface area contributed by atoms with E-state index < -0.39 is 0 Å². The first-order valence-corrected chi connectivity index (χ1v) is 6.18. The van der Waals surface area contributed by atoms with Crippen LogP contribution in [0.2, 0.25) is 0 Å². The molecule has 0 saturated carbocycles. The number of hydrogen-bond acceptors (Lipinski definition) is 4. The average Bonchev–Trinajstić information content (AvgIpc) is 2.90. The third-order valence-corrected chi connectivity index (χ3v) is 3.31. The number of rotatable bonds is 4. The summed E-state index contributed by atoms with van der Waals surface area (Å²) in [5, 5.41) is 3.97. The molecular formula is C13H20N4O. The van der Waals surface area contributed by atoms with Gasteiger partial charge in [0.1, 0.15) is 5.76 Å². The zero-order valence-corrected chi connectivity index (χ0v) is 11.3. The predicted octanol–water partition coefficient (Wildman–Crippen LogP) is 2.19. The summed E-state index contributed by atoms with van der Waals surface area (Å²) in [7, 11) is 0. The Morgan fingerprint density at radius 2 is 2.11 bits per heavy atom. The molecule has 2 heterocycles. The van der Waals surface area contributed by atoms with E-state index in [1.165, 1.54) is 0 Å². The third kappa shape index (κ3) is 2.31. The largest absolute Gasteiger partial charge is 0.361 e. The third-order valence-electron chi connectivity index (χ3n) is 3.31. The molecule has 0 aliphatic carbocycles. The minimum absolute atomic E-state index is 0.00651. The molecular weight excluding hydrogens is 228 g/mol. The quantitative estimate of drug-likeness (QED) is 0.900. The lowest BCUT2D eigenvalue weighted by Crippen LogP contribution is -2.20. The first kappa shape index (κ1) is 12.8. The Labute approximate surface area is 107 Å². The second-order valence-corrected chi connectivity index (χ2v) is 5.02. The van der Waals surface area contributed by atoms with Crippen LogP contribution in [0.15, 0.2) is 17.0 Å². The molecule has 2 rings (SSSR count). The van der Waals surface area contributed by atoms with Gasteiger partial charge < -0.3 is 14.8 Å². The highest BCUT2D eigenvalue weighted by Crippen LogP contribution is 2.21. The molecule has 2 aromatic heterocycles. The van der Waals surface area contributed by atoms with E-state index in [0.29, 0.717) is 12.5 Å². The first-order chi connectivity index (χ1) is 8.50. The maximum Gasteiger partial charge on any atom is 0.138 e. The minimum atomic E-state index is -0.00651. The number of aryl methyl sites for hydroxylation is 2. The van der Waals surface area contributed by atoms with Gasteiger partial charge in [0.25, 0.3) is 0 Å². The molecule has 0 saturated heterocycles. The van der Waals surface area contributed by atoms with Crippen molar-refractivity contribution in [2.75, 3.05) is 0 Å². The van der Waals surface area contributed by atoms with Crippen LogP contribution in [0, 0.1) is 19.8 Å². The molecule has 0 spiro atoms. The summed E-state index contributed by atoms with van der Waals surface area (Å²) in [6.45, 7) is 8.80. The van der Waals surface area contributed by atoms with E-state index in [4.69, 9.17) is 10.3 Å². The van der Waals surface area contributed by atoms with Gasteiger partial charge in [-0.3, -0.25) is 0 Å². The lowest BCUT2D eigenvalue weighted by atomic mass is 10.0. The molecule has 2 aromatic rings. The average molecular weight is 248 g/mol. The summed E-state index contributed by atoms with van der Waals surface area (Å²) in [5.41, 5.74) is 9.26. The van der Waals surface area contributed by atoms with Gasteiger partial charge in [-0.05, 0) is 19.8 Å². The SMILES string of the molecule is Cc1noc(C)c1Cn1cncc1C(N)C(C)C. The lowest BCUT2D eigenvalue weighted by Gasteiger charge is -2.17. The van der Waals surface area contributed by atoms with Crippen LogP contribution in [0.5, 0.6) is 0 Å². The van der Waals surface area contributed by atoms with Gasteiger partial charge in [-0.25, -0.2) is 4.98 Å². The molecule has 5 heteroatoms. The zero-order chi connectivity index (χ0) is 13.3. The number of hydrogen-bond donors (Lipinski definition) is 1. The lowest BCUT2D eigenvalue weighted by molar-refractivity contribution is 0.391. The van der Waals surface area contributed by atoms with Crippen LogP contribution in [0.4, 0.5) is 0 Å².